The quantitative estimate of drug-likeness (QED) is 0.478. The molecular weight excluding hydrogens is 420 g/mol. The van der Waals surface area contributed by atoms with E-state index in [1.807, 2.05) is 49.4 Å². The molecule has 30 heavy (non-hydrogen) atoms. The van der Waals surface area contributed by atoms with E-state index < -0.39 is 0 Å². The molecule has 0 saturated carbocycles. The van der Waals surface area contributed by atoms with Crippen LogP contribution in [0.1, 0.15) is 16.7 Å². The second kappa shape index (κ2) is 8.30. The Labute approximate surface area is 184 Å². The number of thiocarbonyl (C=S) groups is 1. The molecule has 0 bridgehead atoms. The highest BCUT2D eigenvalue weighted by atomic mass is 35.5. The fourth-order valence-corrected chi connectivity index (χ4v) is 3.79. The summed E-state index contributed by atoms with van der Waals surface area (Å²) in [7, 11) is 1.62. The first-order chi connectivity index (χ1) is 14.5. The van der Waals surface area contributed by atoms with Gasteiger partial charge in [0.1, 0.15) is 11.4 Å². The molecular formula is C22H19ClN4O2S. The molecule has 1 saturated heterocycles. The smallest absolute Gasteiger partial charge is 0.281 e. The number of aryl methyl sites for hydroxylation is 1. The van der Waals surface area contributed by atoms with E-state index in [4.69, 9.17) is 28.6 Å². The average Bonchev–Trinajstić information content (AvgIpc) is 3.25. The van der Waals surface area contributed by atoms with Crippen LogP contribution in [0.3, 0.4) is 0 Å². The van der Waals surface area contributed by atoms with Gasteiger partial charge in [-0.3, -0.25) is 14.4 Å². The van der Waals surface area contributed by atoms with Gasteiger partial charge >= 0.3 is 0 Å². The molecule has 1 fully saturated rings. The molecule has 8 heteroatoms. The molecule has 0 spiro atoms. The molecule has 0 aliphatic carbocycles. The minimum Gasteiger partial charge on any atom is -0.496 e. The Balaban J connectivity index is 1.64. The zero-order valence-electron chi connectivity index (χ0n) is 16.4. The predicted molar refractivity (Wildman–Crippen MR) is 122 cm³/mol. The van der Waals surface area contributed by atoms with Crippen LogP contribution in [0.25, 0.3) is 6.08 Å². The standard InChI is InChI=1S/C22H19ClN4O2S/c1-14-5-3-4-6-19(14)27-21(28)18(25-22(27)30)10-15-7-8-20(29-2)16(9-15)12-26-13-17(23)11-24-26/h3-11,13H,12H2,1-2H3,(H,25,30)/b18-10+. The second-order valence-corrected chi connectivity index (χ2v) is 7.67. The number of para-hydroxylation sites is 1. The van der Waals surface area contributed by atoms with Gasteiger partial charge in [0, 0.05) is 11.8 Å². The van der Waals surface area contributed by atoms with Gasteiger partial charge in [-0.25, -0.2) is 0 Å². The molecule has 0 atom stereocenters. The Kier molecular flexibility index (Phi) is 5.57. The van der Waals surface area contributed by atoms with E-state index in [0.717, 1.165) is 28.1 Å². The van der Waals surface area contributed by atoms with E-state index in [1.165, 1.54) is 4.90 Å². The van der Waals surface area contributed by atoms with E-state index in [-0.39, 0.29) is 5.91 Å². The summed E-state index contributed by atoms with van der Waals surface area (Å²) in [4.78, 5) is 14.5. The van der Waals surface area contributed by atoms with Crippen LogP contribution in [-0.2, 0) is 11.3 Å². The number of hydrogen-bond donors (Lipinski definition) is 1. The van der Waals surface area contributed by atoms with Crippen molar-refractivity contribution in [2.45, 2.75) is 13.5 Å². The highest BCUT2D eigenvalue weighted by Crippen LogP contribution is 2.27. The molecule has 1 N–H and O–H groups in total. The number of hydrogen-bond acceptors (Lipinski definition) is 4. The highest BCUT2D eigenvalue weighted by Gasteiger charge is 2.32. The molecule has 152 valence electrons. The minimum absolute atomic E-state index is 0.189. The van der Waals surface area contributed by atoms with E-state index >= 15 is 0 Å². The van der Waals surface area contributed by atoms with Gasteiger partial charge in [-0.1, -0.05) is 35.9 Å². The predicted octanol–water partition coefficient (Wildman–Crippen LogP) is 4.16. The van der Waals surface area contributed by atoms with Crippen molar-refractivity contribution < 1.29 is 9.53 Å². The number of rotatable bonds is 5. The summed E-state index contributed by atoms with van der Waals surface area (Å²) < 4.78 is 7.20. The van der Waals surface area contributed by atoms with Gasteiger partial charge in [0.05, 0.1) is 30.6 Å². The van der Waals surface area contributed by atoms with Gasteiger partial charge < -0.3 is 10.1 Å². The number of ether oxygens (including phenoxy) is 1. The Morgan fingerprint density at radius 1 is 1.27 bits per heavy atom. The zero-order valence-corrected chi connectivity index (χ0v) is 18.0. The number of methoxy groups -OCH3 is 1. The summed E-state index contributed by atoms with van der Waals surface area (Å²) in [6, 6.07) is 13.4. The molecule has 2 aromatic carbocycles. The van der Waals surface area contributed by atoms with Gasteiger partial charge in [0.15, 0.2) is 5.11 Å². The fourth-order valence-electron chi connectivity index (χ4n) is 3.35. The van der Waals surface area contributed by atoms with Crippen LogP contribution in [-0.4, -0.2) is 27.9 Å². The molecule has 2 heterocycles. The summed E-state index contributed by atoms with van der Waals surface area (Å²) in [6.45, 7) is 2.44. The lowest BCUT2D eigenvalue weighted by atomic mass is 10.1. The first-order valence-electron chi connectivity index (χ1n) is 9.24. The van der Waals surface area contributed by atoms with Crippen molar-refractivity contribution in [3.63, 3.8) is 0 Å². The molecule has 4 rings (SSSR count). The van der Waals surface area contributed by atoms with Gasteiger partial charge in [-0.15, -0.1) is 0 Å². The van der Waals surface area contributed by atoms with E-state index in [9.17, 15) is 4.79 Å². The second-order valence-electron chi connectivity index (χ2n) is 6.84. The van der Waals surface area contributed by atoms with Crippen LogP contribution < -0.4 is 15.0 Å². The Bertz CT molecular complexity index is 1170. The lowest BCUT2D eigenvalue weighted by Gasteiger charge is -2.16. The first kappa shape index (κ1) is 20.1. The zero-order chi connectivity index (χ0) is 21.3. The average molecular weight is 439 g/mol. The SMILES string of the molecule is COc1ccc(/C=C2/NC(=S)N(c3ccccc3C)C2=O)cc1Cn1cc(Cl)cn1. The number of nitrogens with zero attached hydrogens (tertiary/aromatic N) is 3. The summed E-state index contributed by atoms with van der Waals surface area (Å²) in [5, 5.41) is 8.18. The van der Waals surface area contributed by atoms with E-state index in [2.05, 4.69) is 10.4 Å². The Morgan fingerprint density at radius 2 is 2.07 bits per heavy atom. The summed E-state index contributed by atoms with van der Waals surface area (Å²) in [6.07, 6.45) is 5.11. The van der Waals surface area contributed by atoms with Gasteiger partial charge in [-0.05, 0) is 54.5 Å². The van der Waals surface area contributed by atoms with Crippen molar-refractivity contribution in [3.8, 4) is 5.75 Å². The largest absolute Gasteiger partial charge is 0.496 e. The fraction of sp³-hybridized carbons (Fsp3) is 0.136. The molecule has 3 aromatic rings. The number of nitrogens with one attached hydrogen (secondary N) is 1. The number of amides is 1. The maximum Gasteiger partial charge on any atom is 0.281 e. The van der Waals surface area contributed by atoms with E-state index in [0.29, 0.717) is 22.4 Å². The van der Waals surface area contributed by atoms with Gasteiger partial charge in [0.25, 0.3) is 5.91 Å². The van der Waals surface area contributed by atoms with E-state index in [1.54, 1.807) is 30.3 Å². The number of benzene rings is 2. The molecule has 1 aromatic heterocycles. The normalized spacial score (nSPS) is 15.0. The molecule has 0 unspecified atom stereocenters. The summed E-state index contributed by atoms with van der Waals surface area (Å²) in [5.74, 6) is 0.539. The van der Waals surface area contributed by atoms with Crippen molar-refractivity contribution in [1.29, 1.82) is 0 Å². The highest BCUT2D eigenvalue weighted by molar-refractivity contribution is 7.80. The molecule has 0 radical (unpaired) electrons. The van der Waals surface area contributed by atoms with Crippen molar-refractivity contribution >= 4 is 46.6 Å². The van der Waals surface area contributed by atoms with Crippen molar-refractivity contribution in [3.05, 3.63) is 82.3 Å². The summed E-state index contributed by atoms with van der Waals surface area (Å²) >= 11 is 11.4. The van der Waals surface area contributed by atoms with Crippen molar-refractivity contribution in [1.82, 2.24) is 15.1 Å². The minimum atomic E-state index is -0.189. The maximum atomic E-state index is 13.0. The Morgan fingerprint density at radius 3 is 2.77 bits per heavy atom. The number of carbonyl (C=O) groups excluding carboxylic acids is 1. The number of anilines is 1. The van der Waals surface area contributed by atoms with Gasteiger partial charge in [0.2, 0.25) is 0 Å². The van der Waals surface area contributed by atoms with Crippen LogP contribution in [0.15, 0.2) is 60.6 Å². The molecule has 1 aliphatic heterocycles. The topological polar surface area (TPSA) is 59.4 Å². The van der Waals surface area contributed by atoms with Crippen LogP contribution in [0.5, 0.6) is 5.75 Å². The van der Waals surface area contributed by atoms with Gasteiger partial charge in [-0.2, -0.15) is 5.10 Å². The molecule has 6 nitrogen and oxygen atoms in total. The van der Waals surface area contributed by atoms with Crippen LogP contribution in [0.4, 0.5) is 5.69 Å². The van der Waals surface area contributed by atoms with Crippen molar-refractivity contribution in [2.24, 2.45) is 0 Å². The lowest BCUT2D eigenvalue weighted by molar-refractivity contribution is -0.113. The monoisotopic (exact) mass is 438 g/mol. The van der Waals surface area contributed by atoms with Crippen LogP contribution >= 0.6 is 23.8 Å². The number of halogens is 1. The van der Waals surface area contributed by atoms with Crippen LogP contribution in [0.2, 0.25) is 5.02 Å². The van der Waals surface area contributed by atoms with Crippen LogP contribution in [0, 0.1) is 6.92 Å². The molecule has 1 aliphatic rings. The lowest BCUT2D eigenvalue weighted by Crippen LogP contribution is -2.30. The third kappa shape index (κ3) is 3.94. The third-order valence-corrected chi connectivity index (χ3v) is 5.26. The summed E-state index contributed by atoms with van der Waals surface area (Å²) in [5.41, 5.74) is 3.92. The maximum absolute atomic E-state index is 13.0. The first-order valence-corrected chi connectivity index (χ1v) is 10.0. The third-order valence-electron chi connectivity index (χ3n) is 4.78. The molecule has 1 amide bonds. The number of aromatic nitrogens is 2. The Hall–Kier alpha value is -3.16. The van der Waals surface area contributed by atoms with Crippen molar-refractivity contribution in [2.75, 3.05) is 12.0 Å². The number of carbonyl (C=O) groups is 1.